The van der Waals surface area contributed by atoms with Crippen LogP contribution in [0.2, 0.25) is 0 Å². The van der Waals surface area contributed by atoms with Crippen LogP contribution in [0.4, 0.5) is 0 Å². The molecule has 0 fully saturated rings. The largest absolute Gasteiger partial charge is 0.396 e. The SMILES string of the molecule is N=C(N)c1ccc(SCCCO)nc1. The molecule has 0 amide bonds. The van der Waals surface area contributed by atoms with Crippen LogP contribution in [0.1, 0.15) is 12.0 Å². The Kier molecular flexibility index (Phi) is 4.42. The van der Waals surface area contributed by atoms with Crippen LogP contribution in [0.3, 0.4) is 0 Å². The van der Waals surface area contributed by atoms with E-state index in [-0.39, 0.29) is 12.4 Å². The van der Waals surface area contributed by atoms with E-state index in [0.717, 1.165) is 17.2 Å². The maximum absolute atomic E-state index is 8.58. The highest BCUT2D eigenvalue weighted by Gasteiger charge is 1.98. The number of thioether (sulfide) groups is 1. The minimum absolute atomic E-state index is 0.0319. The number of nitrogens with one attached hydrogen (secondary N) is 1. The summed E-state index contributed by atoms with van der Waals surface area (Å²) in [5.74, 6) is 0.882. The molecule has 1 rings (SSSR count). The average Bonchev–Trinajstić information content (AvgIpc) is 2.19. The molecule has 0 bridgehead atoms. The summed E-state index contributed by atoms with van der Waals surface area (Å²) in [7, 11) is 0. The van der Waals surface area contributed by atoms with Gasteiger partial charge in [-0.1, -0.05) is 0 Å². The minimum atomic E-state index is 0.0319. The molecular weight excluding hydrogens is 198 g/mol. The molecule has 0 saturated carbocycles. The van der Waals surface area contributed by atoms with E-state index in [9.17, 15) is 0 Å². The summed E-state index contributed by atoms with van der Waals surface area (Å²) in [6, 6.07) is 3.61. The fourth-order valence-electron chi connectivity index (χ4n) is 0.866. The van der Waals surface area contributed by atoms with Crippen molar-refractivity contribution in [2.45, 2.75) is 11.4 Å². The summed E-state index contributed by atoms with van der Waals surface area (Å²) in [4.78, 5) is 4.13. The standard InChI is InChI=1S/C9H13N3OS/c10-9(11)7-2-3-8(12-6-7)14-5-1-4-13/h2-3,6,13H,1,4-5H2,(H3,10,11). The Morgan fingerprint density at radius 1 is 1.57 bits per heavy atom. The van der Waals surface area contributed by atoms with E-state index in [1.165, 1.54) is 0 Å². The number of hydrogen-bond acceptors (Lipinski definition) is 4. The van der Waals surface area contributed by atoms with Crippen molar-refractivity contribution in [2.24, 2.45) is 5.73 Å². The third kappa shape index (κ3) is 3.35. The maximum Gasteiger partial charge on any atom is 0.124 e. The van der Waals surface area contributed by atoms with Crippen LogP contribution in [0.25, 0.3) is 0 Å². The third-order valence-electron chi connectivity index (χ3n) is 1.60. The van der Waals surface area contributed by atoms with Crippen LogP contribution in [-0.4, -0.2) is 28.3 Å². The quantitative estimate of drug-likeness (QED) is 0.292. The zero-order chi connectivity index (χ0) is 10.4. The van der Waals surface area contributed by atoms with Gasteiger partial charge in [-0.15, -0.1) is 11.8 Å². The first kappa shape index (κ1) is 11.0. The second-order valence-corrected chi connectivity index (χ2v) is 3.84. The van der Waals surface area contributed by atoms with Crippen molar-refractivity contribution >= 4 is 17.6 Å². The van der Waals surface area contributed by atoms with Crippen molar-refractivity contribution in [2.75, 3.05) is 12.4 Å². The topological polar surface area (TPSA) is 83.0 Å². The van der Waals surface area contributed by atoms with Gasteiger partial charge in [-0.2, -0.15) is 0 Å². The molecule has 76 valence electrons. The van der Waals surface area contributed by atoms with Gasteiger partial charge in [0.15, 0.2) is 0 Å². The Morgan fingerprint density at radius 2 is 2.36 bits per heavy atom. The number of nitrogens with zero attached hydrogens (tertiary/aromatic N) is 1. The Balaban J connectivity index is 2.51. The molecule has 14 heavy (non-hydrogen) atoms. The number of aromatic nitrogens is 1. The van der Waals surface area contributed by atoms with Crippen LogP contribution >= 0.6 is 11.8 Å². The molecule has 0 atom stereocenters. The lowest BCUT2D eigenvalue weighted by Crippen LogP contribution is -2.11. The second kappa shape index (κ2) is 5.62. The predicted octanol–water partition coefficient (Wildman–Crippen LogP) is 0.840. The summed E-state index contributed by atoms with van der Waals surface area (Å²) in [5.41, 5.74) is 5.92. The molecule has 1 heterocycles. The number of hydrogen-bond donors (Lipinski definition) is 3. The van der Waals surface area contributed by atoms with Crippen molar-refractivity contribution in [3.63, 3.8) is 0 Å². The first-order chi connectivity index (χ1) is 6.74. The van der Waals surface area contributed by atoms with Crippen molar-refractivity contribution in [3.8, 4) is 0 Å². The minimum Gasteiger partial charge on any atom is -0.396 e. The van der Waals surface area contributed by atoms with Gasteiger partial charge in [0.05, 0.1) is 5.03 Å². The molecule has 0 aliphatic rings. The molecule has 0 saturated heterocycles. The lowest BCUT2D eigenvalue weighted by atomic mass is 10.3. The Bertz CT molecular complexity index is 299. The van der Waals surface area contributed by atoms with Gasteiger partial charge in [0.25, 0.3) is 0 Å². The van der Waals surface area contributed by atoms with Gasteiger partial charge >= 0.3 is 0 Å². The number of rotatable bonds is 5. The Hall–Kier alpha value is -1.07. The molecule has 0 aromatic carbocycles. The lowest BCUT2D eigenvalue weighted by Gasteiger charge is -2.00. The average molecular weight is 211 g/mol. The number of aliphatic hydroxyl groups is 1. The summed E-state index contributed by atoms with van der Waals surface area (Å²) < 4.78 is 0. The monoisotopic (exact) mass is 211 g/mol. The number of nitrogens with two attached hydrogens (primary N) is 1. The maximum atomic E-state index is 8.58. The normalized spacial score (nSPS) is 10.1. The van der Waals surface area contributed by atoms with E-state index in [1.807, 2.05) is 6.07 Å². The highest BCUT2D eigenvalue weighted by atomic mass is 32.2. The summed E-state index contributed by atoms with van der Waals surface area (Å²) in [6.07, 6.45) is 2.35. The molecular formula is C9H13N3OS. The second-order valence-electron chi connectivity index (χ2n) is 2.72. The molecule has 0 aliphatic heterocycles. The predicted molar refractivity (Wildman–Crippen MR) is 57.7 cm³/mol. The first-order valence-electron chi connectivity index (χ1n) is 4.28. The zero-order valence-corrected chi connectivity index (χ0v) is 8.55. The molecule has 4 nitrogen and oxygen atoms in total. The fraction of sp³-hybridized carbons (Fsp3) is 0.333. The van der Waals surface area contributed by atoms with Gasteiger partial charge < -0.3 is 10.8 Å². The number of nitrogen functional groups attached to an aromatic ring is 1. The molecule has 1 aromatic rings. The van der Waals surface area contributed by atoms with Gasteiger partial charge in [0.1, 0.15) is 5.84 Å². The highest BCUT2D eigenvalue weighted by Crippen LogP contribution is 2.15. The van der Waals surface area contributed by atoms with Gasteiger partial charge in [-0.05, 0) is 18.6 Å². The number of aliphatic hydroxyl groups excluding tert-OH is 1. The smallest absolute Gasteiger partial charge is 0.124 e. The van der Waals surface area contributed by atoms with Crippen molar-refractivity contribution < 1.29 is 5.11 Å². The number of pyridine rings is 1. The Morgan fingerprint density at radius 3 is 2.86 bits per heavy atom. The summed E-state index contributed by atoms with van der Waals surface area (Å²) >= 11 is 1.58. The summed E-state index contributed by atoms with van der Waals surface area (Å²) in [6.45, 7) is 0.207. The van der Waals surface area contributed by atoms with E-state index < -0.39 is 0 Å². The van der Waals surface area contributed by atoms with Crippen LogP contribution in [-0.2, 0) is 0 Å². The first-order valence-corrected chi connectivity index (χ1v) is 5.26. The van der Waals surface area contributed by atoms with Gasteiger partial charge in [-0.25, -0.2) is 4.98 Å². The van der Waals surface area contributed by atoms with Crippen LogP contribution in [0.15, 0.2) is 23.4 Å². The molecule has 0 spiro atoms. The molecule has 1 aromatic heterocycles. The van der Waals surface area contributed by atoms with E-state index in [2.05, 4.69) is 4.98 Å². The molecule has 5 heteroatoms. The van der Waals surface area contributed by atoms with Crippen molar-refractivity contribution in [1.82, 2.24) is 4.98 Å². The van der Waals surface area contributed by atoms with E-state index in [4.69, 9.17) is 16.2 Å². The van der Waals surface area contributed by atoms with Crippen molar-refractivity contribution in [1.29, 1.82) is 5.41 Å². The molecule has 0 radical (unpaired) electrons. The van der Waals surface area contributed by atoms with Crippen LogP contribution < -0.4 is 5.73 Å². The van der Waals surface area contributed by atoms with Gasteiger partial charge in [-0.3, -0.25) is 5.41 Å². The molecule has 4 N–H and O–H groups in total. The fourth-order valence-corrected chi connectivity index (χ4v) is 1.64. The van der Waals surface area contributed by atoms with Crippen LogP contribution in [0, 0.1) is 5.41 Å². The van der Waals surface area contributed by atoms with Crippen molar-refractivity contribution in [3.05, 3.63) is 23.9 Å². The Labute approximate surface area is 87.1 Å². The van der Waals surface area contributed by atoms with E-state index in [0.29, 0.717) is 5.56 Å². The lowest BCUT2D eigenvalue weighted by molar-refractivity contribution is 0.296. The highest BCUT2D eigenvalue weighted by molar-refractivity contribution is 7.99. The van der Waals surface area contributed by atoms with Gasteiger partial charge in [0.2, 0.25) is 0 Å². The molecule has 0 unspecified atom stereocenters. The number of amidine groups is 1. The zero-order valence-electron chi connectivity index (χ0n) is 7.73. The van der Waals surface area contributed by atoms with Gasteiger partial charge in [0, 0.05) is 24.1 Å². The third-order valence-corrected chi connectivity index (χ3v) is 2.63. The van der Waals surface area contributed by atoms with E-state index in [1.54, 1.807) is 24.0 Å². The molecule has 0 aliphatic carbocycles. The van der Waals surface area contributed by atoms with E-state index >= 15 is 0 Å². The summed E-state index contributed by atoms with van der Waals surface area (Å²) in [5, 5.41) is 16.6. The van der Waals surface area contributed by atoms with Crippen LogP contribution in [0.5, 0.6) is 0 Å².